The molecular weight excluding hydrogens is 346 g/mol. The molecule has 0 aliphatic carbocycles. The predicted octanol–water partition coefficient (Wildman–Crippen LogP) is 4.90. The van der Waals surface area contributed by atoms with Gasteiger partial charge in [-0.05, 0) is 36.2 Å². The first-order valence-electron chi connectivity index (χ1n) is 6.93. The molecule has 1 heterocycles. The van der Waals surface area contributed by atoms with Gasteiger partial charge in [-0.2, -0.15) is 0 Å². The fraction of sp³-hybridized carbons (Fsp3) is 0.235. The van der Waals surface area contributed by atoms with Crippen LogP contribution in [0.1, 0.15) is 23.9 Å². The summed E-state index contributed by atoms with van der Waals surface area (Å²) in [5.74, 6) is 0. The molecule has 0 saturated heterocycles. The number of hydrogen-bond acceptors (Lipinski definition) is 3. The van der Waals surface area contributed by atoms with Gasteiger partial charge in [-0.3, -0.25) is 0 Å². The Balaban J connectivity index is 1.96. The fourth-order valence-corrected chi connectivity index (χ4v) is 3.93. The molecule has 2 nitrogen and oxygen atoms in total. The summed E-state index contributed by atoms with van der Waals surface area (Å²) >= 11 is 5.13. The maximum absolute atomic E-state index is 11.0. The third-order valence-electron chi connectivity index (χ3n) is 3.73. The van der Waals surface area contributed by atoms with Crippen LogP contribution in [-0.2, 0) is 12.0 Å². The van der Waals surface area contributed by atoms with Crippen LogP contribution in [0, 0.1) is 0 Å². The number of aliphatic hydroxyl groups is 1. The zero-order chi connectivity index (χ0) is 14.9. The number of nitrogens with zero attached hydrogens (tertiary/aromatic N) is 1. The Morgan fingerprint density at radius 2 is 2.00 bits per heavy atom. The van der Waals surface area contributed by atoms with Crippen LogP contribution in [0.3, 0.4) is 0 Å². The maximum atomic E-state index is 11.0. The molecule has 0 spiro atoms. The van der Waals surface area contributed by atoms with Gasteiger partial charge in [-0.25, -0.2) is 4.98 Å². The van der Waals surface area contributed by atoms with Crippen LogP contribution in [0.15, 0.2) is 53.0 Å². The largest absolute Gasteiger partial charge is 0.385 e. The summed E-state index contributed by atoms with van der Waals surface area (Å²) in [5.41, 5.74) is 1.06. The van der Waals surface area contributed by atoms with Crippen molar-refractivity contribution < 1.29 is 5.11 Å². The fourth-order valence-electron chi connectivity index (χ4n) is 2.45. The molecule has 4 heteroatoms. The molecule has 3 aromatic rings. The molecule has 0 fully saturated rings. The lowest BCUT2D eigenvalue weighted by atomic mass is 9.88. The van der Waals surface area contributed by atoms with Crippen molar-refractivity contribution >= 4 is 37.5 Å². The summed E-state index contributed by atoms with van der Waals surface area (Å²) < 4.78 is 2.15. The monoisotopic (exact) mass is 361 g/mol. The van der Waals surface area contributed by atoms with Gasteiger partial charge in [0, 0.05) is 10.9 Å². The molecule has 1 unspecified atom stereocenters. The summed E-state index contributed by atoms with van der Waals surface area (Å²) in [6, 6.07) is 16.0. The number of halogens is 1. The molecule has 0 bridgehead atoms. The van der Waals surface area contributed by atoms with Gasteiger partial charge in [0.2, 0.25) is 0 Å². The number of para-hydroxylation sites is 1. The molecular formula is C17H16BrNOS. The smallest absolute Gasteiger partial charge is 0.0970 e. The molecule has 0 amide bonds. The van der Waals surface area contributed by atoms with Gasteiger partial charge in [0.15, 0.2) is 0 Å². The molecule has 1 N–H and O–H groups in total. The third-order valence-corrected chi connectivity index (χ3v) is 5.26. The van der Waals surface area contributed by atoms with E-state index >= 15 is 0 Å². The zero-order valence-electron chi connectivity index (χ0n) is 11.7. The van der Waals surface area contributed by atoms with E-state index in [4.69, 9.17) is 0 Å². The Kier molecular flexibility index (Phi) is 4.11. The molecule has 3 rings (SSSR count). The van der Waals surface area contributed by atoms with Crippen LogP contribution in [0.25, 0.3) is 10.2 Å². The number of fused-ring (bicyclic) bond motifs is 1. The molecule has 0 radical (unpaired) electrons. The van der Waals surface area contributed by atoms with Crippen molar-refractivity contribution in [3.8, 4) is 0 Å². The number of rotatable bonds is 4. The molecule has 108 valence electrons. The first kappa shape index (κ1) is 14.7. The highest BCUT2D eigenvalue weighted by Crippen LogP contribution is 2.33. The van der Waals surface area contributed by atoms with Crippen molar-refractivity contribution in [2.45, 2.75) is 25.4 Å². The Bertz CT molecular complexity index is 737. The van der Waals surface area contributed by atoms with E-state index in [2.05, 4.69) is 27.0 Å². The molecule has 0 aliphatic rings. The molecule has 0 saturated carbocycles. The van der Waals surface area contributed by atoms with Crippen LogP contribution in [-0.4, -0.2) is 10.1 Å². The van der Waals surface area contributed by atoms with Crippen molar-refractivity contribution in [3.05, 3.63) is 63.6 Å². The maximum Gasteiger partial charge on any atom is 0.0970 e. The SMILES string of the molecule is CCC(O)(Cc1nc2ccccc2s1)c1cccc(Br)c1. The van der Waals surface area contributed by atoms with Crippen molar-refractivity contribution in [2.75, 3.05) is 0 Å². The summed E-state index contributed by atoms with van der Waals surface area (Å²) in [5, 5.41) is 12.0. The molecule has 1 aromatic heterocycles. The highest BCUT2D eigenvalue weighted by molar-refractivity contribution is 9.10. The minimum atomic E-state index is -0.877. The second-order valence-corrected chi connectivity index (χ2v) is 7.18. The number of hydrogen-bond donors (Lipinski definition) is 1. The normalized spacial score (nSPS) is 14.2. The van der Waals surface area contributed by atoms with E-state index in [1.807, 2.05) is 49.4 Å². The number of aromatic nitrogens is 1. The van der Waals surface area contributed by atoms with E-state index in [0.717, 1.165) is 20.6 Å². The van der Waals surface area contributed by atoms with E-state index in [0.29, 0.717) is 12.8 Å². The molecule has 1 atom stereocenters. The number of thiazole rings is 1. The first-order valence-corrected chi connectivity index (χ1v) is 8.54. The molecule has 2 aromatic carbocycles. The van der Waals surface area contributed by atoms with Crippen molar-refractivity contribution in [1.29, 1.82) is 0 Å². The zero-order valence-corrected chi connectivity index (χ0v) is 14.1. The van der Waals surface area contributed by atoms with Gasteiger partial charge < -0.3 is 5.11 Å². The molecule has 0 aliphatic heterocycles. The van der Waals surface area contributed by atoms with Gasteiger partial charge in [0.05, 0.1) is 20.8 Å². The Hall–Kier alpha value is -1.23. The van der Waals surface area contributed by atoms with Crippen molar-refractivity contribution in [3.63, 3.8) is 0 Å². The van der Waals surface area contributed by atoms with Crippen molar-refractivity contribution in [1.82, 2.24) is 4.98 Å². The van der Waals surface area contributed by atoms with E-state index < -0.39 is 5.60 Å². The standard InChI is InChI=1S/C17H16BrNOS/c1-2-17(20,12-6-5-7-13(18)10-12)11-16-19-14-8-3-4-9-15(14)21-16/h3-10,20H,2,11H2,1H3. The van der Waals surface area contributed by atoms with Crippen LogP contribution >= 0.6 is 27.3 Å². The van der Waals surface area contributed by atoms with E-state index in [9.17, 15) is 5.11 Å². The van der Waals surface area contributed by atoms with Crippen LogP contribution in [0.5, 0.6) is 0 Å². The minimum Gasteiger partial charge on any atom is -0.385 e. The van der Waals surface area contributed by atoms with Gasteiger partial charge >= 0.3 is 0 Å². The van der Waals surface area contributed by atoms with Crippen molar-refractivity contribution in [2.24, 2.45) is 0 Å². The second kappa shape index (κ2) is 5.87. The predicted molar refractivity (Wildman–Crippen MR) is 91.7 cm³/mol. The lowest BCUT2D eigenvalue weighted by Crippen LogP contribution is -2.27. The first-order chi connectivity index (χ1) is 10.1. The second-order valence-electron chi connectivity index (χ2n) is 5.15. The summed E-state index contributed by atoms with van der Waals surface area (Å²) in [6.07, 6.45) is 1.19. The third kappa shape index (κ3) is 3.03. The summed E-state index contributed by atoms with van der Waals surface area (Å²) in [6.45, 7) is 2.01. The van der Waals surface area contributed by atoms with Gasteiger partial charge in [0.25, 0.3) is 0 Å². The average molecular weight is 362 g/mol. The van der Waals surface area contributed by atoms with Gasteiger partial charge in [-0.1, -0.05) is 47.1 Å². The Morgan fingerprint density at radius 3 is 2.71 bits per heavy atom. The summed E-state index contributed by atoms with van der Waals surface area (Å²) in [7, 11) is 0. The lowest BCUT2D eigenvalue weighted by molar-refractivity contribution is 0.0327. The minimum absolute atomic E-state index is 0.541. The topological polar surface area (TPSA) is 33.1 Å². The van der Waals surface area contributed by atoms with E-state index in [1.165, 1.54) is 4.70 Å². The van der Waals surface area contributed by atoms with Crippen LogP contribution in [0.2, 0.25) is 0 Å². The van der Waals surface area contributed by atoms with Gasteiger partial charge in [-0.15, -0.1) is 11.3 Å². The summed E-state index contributed by atoms with van der Waals surface area (Å²) in [4.78, 5) is 4.64. The van der Waals surface area contributed by atoms with Crippen LogP contribution in [0.4, 0.5) is 0 Å². The highest BCUT2D eigenvalue weighted by Gasteiger charge is 2.29. The van der Waals surface area contributed by atoms with Gasteiger partial charge in [0.1, 0.15) is 0 Å². The lowest BCUT2D eigenvalue weighted by Gasteiger charge is -2.26. The molecule has 21 heavy (non-hydrogen) atoms. The average Bonchev–Trinajstić information content (AvgIpc) is 2.89. The highest BCUT2D eigenvalue weighted by atomic mass is 79.9. The Morgan fingerprint density at radius 1 is 1.19 bits per heavy atom. The van der Waals surface area contributed by atoms with E-state index in [1.54, 1.807) is 11.3 Å². The quantitative estimate of drug-likeness (QED) is 0.716. The van der Waals surface area contributed by atoms with Crippen LogP contribution < -0.4 is 0 Å². The number of benzene rings is 2. The Labute approximate surface area is 136 Å². The van der Waals surface area contributed by atoms with E-state index in [-0.39, 0.29) is 0 Å².